The average Bonchev–Trinajstić information content (AvgIpc) is 3.64. The van der Waals surface area contributed by atoms with Gasteiger partial charge >= 0.3 is 0 Å². The van der Waals surface area contributed by atoms with Crippen LogP contribution in [-0.2, 0) is 12.8 Å². The highest BCUT2D eigenvalue weighted by Gasteiger charge is 2.59. The van der Waals surface area contributed by atoms with Crippen LogP contribution < -0.4 is 0 Å². The minimum atomic E-state index is -0.968. The van der Waals surface area contributed by atoms with Crippen molar-refractivity contribution >= 4 is 12.0 Å². The third-order valence-corrected chi connectivity index (χ3v) is 9.76. The number of likely N-dealkylation sites (tertiary alicyclic amines) is 1. The molecule has 3 aromatic rings. The number of aryl methyl sites for hydroxylation is 2. The van der Waals surface area contributed by atoms with E-state index in [2.05, 4.69) is 35.7 Å². The van der Waals surface area contributed by atoms with Crippen molar-refractivity contribution in [2.45, 2.75) is 70.5 Å². The second kappa shape index (κ2) is 10.1. The van der Waals surface area contributed by atoms with Gasteiger partial charge in [0.1, 0.15) is 17.5 Å². The van der Waals surface area contributed by atoms with Crippen molar-refractivity contribution in [3.05, 3.63) is 99.0 Å². The molecule has 2 heterocycles. The summed E-state index contributed by atoms with van der Waals surface area (Å²) in [4.78, 5) is 27.7. The van der Waals surface area contributed by atoms with Crippen molar-refractivity contribution in [2.75, 3.05) is 13.1 Å². The molecule has 1 saturated heterocycles. The maximum atomic E-state index is 13.8. The zero-order valence-electron chi connectivity index (χ0n) is 23.1. The Bertz CT molecular complexity index is 1490. The predicted molar refractivity (Wildman–Crippen MR) is 153 cm³/mol. The maximum Gasteiger partial charge on any atom is 0.254 e. The van der Waals surface area contributed by atoms with Gasteiger partial charge in [-0.1, -0.05) is 35.9 Å². The van der Waals surface area contributed by atoms with E-state index >= 15 is 0 Å². The number of nitroso groups, excluding NO2 is 1. The highest BCUT2D eigenvalue weighted by molar-refractivity contribution is 5.96. The minimum Gasteiger partial charge on any atom is -0.336 e. The highest BCUT2D eigenvalue weighted by atomic mass is 19.1. The minimum absolute atomic E-state index is 0.138. The van der Waals surface area contributed by atoms with E-state index in [-0.39, 0.29) is 18.3 Å². The van der Waals surface area contributed by atoms with Crippen LogP contribution in [0.5, 0.6) is 0 Å². The molecule has 1 saturated carbocycles. The van der Waals surface area contributed by atoms with Gasteiger partial charge in [0.25, 0.3) is 5.91 Å². The fraction of sp³-hybridized carbons (Fsp3) is 0.424. The molecule has 6 rings (SSSR count). The fourth-order valence-corrected chi connectivity index (χ4v) is 7.64. The summed E-state index contributed by atoms with van der Waals surface area (Å²) in [7, 11) is 0. The molecule has 40 heavy (non-hydrogen) atoms. The number of carbonyl (C=O) groups is 1. The van der Waals surface area contributed by atoms with Gasteiger partial charge in [-0.15, -0.1) is 0 Å². The highest BCUT2D eigenvalue weighted by Crippen LogP contribution is 2.61. The summed E-state index contributed by atoms with van der Waals surface area (Å²) >= 11 is 0. The molecule has 2 aromatic carbocycles. The first-order valence-electron chi connectivity index (χ1n) is 14.3. The monoisotopic (exact) mass is 543 g/mol. The molecular weight excluding hydrogens is 508 g/mol. The molecular formula is C33H35F2N3O2. The van der Waals surface area contributed by atoms with E-state index in [1.54, 1.807) is 17.0 Å². The number of carbonyl (C=O) groups excluding carboxylic acids is 1. The average molecular weight is 544 g/mol. The van der Waals surface area contributed by atoms with Gasteiger partial charge in [0.15, 0.2) is 0 Å². The Morgan fingerprint density at radius 1 is 1.15 bits per heavy atom. The molecule has 2 unspecified atom stereocenters. The number of halogens is 2. The van der Waals surface area contributed by atoms with Gasteiger partial charge in [-0.2, -0.15) is 4.91 Å². The summed E-state index contributed by atoms with van der Waals surface area (Å²) in [5.41, 5.74) is 5.80. The second-order valence-electron chi connectivity index (χ2n) is 11.7. The van der Waals surface area contributed by atoms with Crippen LogP contribution in [0.2, 0.25) is 0 Å². The molecule has 3 aliphatic rings. The van der Waals surface area contributed by atoms with Gasteiger partial charge in [0.05, 0.1) is 6.54 Å². The first-order valence-corrected chi connectivity index (χ1v) is 14.3. The first kappa shape index (κ1) is 26.6. The van der Waals surface area contributed by atoms with E-state index < -0.39 is 17.1 Å². The number of alkyl halides is 1. The number of amides is 1. The summed E-state index contributed by atoms with van der Waals surface area (Å²) in [5.74, 6) is -0.403. The molecule has 0 radical (unpaired) electrons. The zero-order chi connectivity index (χ0) is 28.1. The van der Waals surface area contributed by atoms with E-state index in [0.717, 1.165) is 41.9 Å². The van der Waals surface area contributed by atoms with Crippen molar-refractivity contribution in [1.82, 2.24) is 9.47 Å². The second-order valence-corrected chi connectivity index (χ2v) is 11.7. The van der Waals surface area contributed by atoms with Gasteiger partial charge in [-0.3, -0.25) is 4.79 Å². The van der Waals surface area contributed by atoms with E-state index in [1.807, 2.05) is 24.3 Å². The van der Waals surface area contributed by atoms with E-state index in [0.29, 0.717) is 37.8 Å². The molecule has 0 bridgehead atoms. The Labute approximate surface area is 233 Å². The zero-order valence-corrected chi connectivity index (χ0v) is 23.1. The number of hydrogen-bond acceptors (Lipinski definition) is 3. The largest absolute Gasteiger partial charge is 0.336 e. The molecule has 3 atom stereocenters. The lowest BCUT2D eigenvalue weighted by Gasteiger charge is -2.44. The predicted octanol–water partition coefficient (Wildman–Crippen LogP) is 7.38. The summed E-state index contributed by atoms with van der Waals surface area (Å²) in [6.07, 6.45) is 5.72. The molecule has 1 amide bonds. The topological polar surface area (TPSA) is 54.7 Å². The van der Waals surface area contributed by atoms with Crippen LogP contribution in [0.4, 0.5) is 8.78 Å². The summed E-state index contributed by atoms with van der Waals surface area (Å²) in [6, 6.07) is 16.2. The van der Waals surface area contributed by atoms with Gasteiger partial charge in [0, 0.05) is 34.6 Å². The van der Waals surface area contributed by atoms with Gasteiger partial charge in [-0.05, 0) is 105 Å². The number of hydrogen-bond donors (Lipinski definition) is 0. The Balaban J connectivity index is 1.31. The van der Waals surface area contributed by atoms with Crippen LogP contribution in [0, 0.1) is 23.1 Å². The van der Waals surface area contributed by atoms with E-state index in [4.69, 9.17) is 0 Å². The van der Waals surface area contributed by atoms with E-state index in [9.17, 15) is 18.5 Å². The number of fused-ring (bicyclic) bond motifs is 2. The lowest BCUT2D eigenvalue weighted by atomic mass is 9.61. The van der Waals surface area contributed by atoms with Crippen LogP contribution in [-0.4, -0.2) is 40.2 Å². The van der Waals surface area contributed by atoms with Crippen molar-refractivity contribution in [1.29, 1.82) is 0 Å². The Kier molecular flexibility index (Phi) is 6.71. The number of rotatable bonds is 7. The van der Waals surface area contributed by atoms with Crippen molar-refractivity contribution in [3.8, 4) is 5.69 Å². The number of benzene rings is 2. The Hall–Kier alpha value is -3.61. The van der Waals surface area contributed by atoms with Crippen LogP contribution in [0.1, 0.15) is 71.9 Å². The van der Waals surface area contributed by atoms with Crippen LogP contribution in [0.25, 0.3) is 11.8 Å². The molecule has 0 N–H and O–H groups in total. The smallest absolute Gasteiger partial charge is 0.254 e. The third kappa shape index (κ3) is 4.13. The van der Waals surface area contributed by atoms with Crippen LogP contribution >= 0.6 is 0 Å². The summed E-state index contributed by atoms with van der Waals surface area (Å²) < 4.78 is 29.6. The quantitative estimate of drug-likeness (QED) is 0.292. The summed E-state index contributed by atoms with van der Waals surface area (Å²) in [5, 5.41) is 3.91. The summed E-state index contributed by atoms with van der Waals surface area (Å²) in [6.45, 7) is 4.77. The normalized spacial score (nSPS) is 25.4. The van der Waals surface area contributed by atoms with Gasteiger partial charge in [0.2, 0.25) is 0 Å². The number of nitrogens with zero attached hydrogens (tertiary/aromatic N) is 3. The van der Waals surface area contributed by atoms with Gasteiger partial charge in [-0.25, -0.2) is 8.78 Å². The standard InChI is InChI=1S/C33H35F2N3O2/c1-3-32-20-24-18-22(2)38(28-10-8-26(34)9-11-28)30(24)19-25(32)13-16-33(32,36-40)15-12-23-6-4-5-7-29(23)31(39)37-17-14-27(35)21-37/h4-11,18-19,27H,3,12-17,20-21H2,1-2H3/t27-,32?,33?/m0/s1. The van der Waals surface area contributed by atoms with Gasteiger partial charge < -0.3 is 9.47 Å². The van der Waals surface area contributed by atoms with Crippen LogP contribution in [0.3, 0.4) is 0 Å². The fourth-order valence-electron chi connectivity index (χ4n) is 7.64. The van der Waals surface area contributed by atoms with Crippen molar-refractivity contribution in [3.63, 3.8) is 0 Å². The third-order valence-electron chi connectivity index (χ3n) is 9.76. The molecule has 2 fully saturated rings. The van der Waals surface area contributed by atoms with E-state index in [1.165, 1.54) is 23.3 Å². The molecule has 7 heteroatoms. The first-order chi connectivity index (χ1) is 19.3. The van der Waals surface area contributed by atoms with Crippen molar-refractivity contribution in [2.24, 2.45) is 10.6 Å². The van der Waals surface area contributed by atoms with Crippen LogP contribution in [0.15, 0.2) is 65.3 Å². The molecule has 1 aromatic heterocycles. The maximum absolute atomic E-state index is 13.8. The molecule has 5 nitrogen and oxygen atoms in total. The molecule has 208 valence electrons. The Morgan fingerprint density at radius 3 is 2.62 bits per heavy atom. The number of aromatic nitrogens is 1. The molecule has 1 aliphatic heterocycles. The SMILES string of the molecule is CCC12Cc3cc(C)n(-c4ccc(F)cc4)c3C=C1CCC2(CCc1ccccc1C(=O)N1CC[C@H](F)C1)N=O. The molecule has 2 aliphatic carbocycles. The Morgan fingerprint density at radius 2 is 1.93 bits per heavy atom. The lowest BCUT2D eigenvalue weighted by molar-refractivity contribution is 0.0781. The van der Waals surface area contributed by atoms with Crippen molar-refractivity contribution < 1.29 is 13.6 Å². The lowest BCUT2D eigenvalue weighted by Crippen LogP contribution is -2.45. The molecule has 0 spiro atoms.